The third-order valence-electron chi connectivity index (χ3n) is 6.64. The number of alkyl halides is 1. The Morgan fingerprint density at radius 2 is 1.37 bits per heavy atom. The Morgan fingerprint density at radius 1 is 0.886 bits per heavy atom. The van der Waals surface area contributed by atoms with Gasteiger partial charge in [-0.2, -0.15) is 0 Å². The smallest absolute Gasteiger partial charge is 0.330 e. The van der Waals surface area contributed by atoms with Crippen LogP contribution in [-0.2, 0) is 10.2 Å². The standard InChI is InChI=1S/C28H25IN2O4/c29-23-16-25(35-24(23)18-32)31-17-22(26(33)30-27(31)34)28(19-10-4-1-5-11-19,20-12-6-2-7-13-20)21-14-8-3-9-15-21/h1-15,17,23-25,32H,16,18H2,(H,30,33,34)/t23-,24+,25+/m0/s1. The van der Waals surface area contributed by atoms with Crippen molar-refractivity contribution in [2.45, 2.75) is 28.1 Å². The Balaban J connectivity index is 1.84. The summed E-state index contributed by atoms with van der Waals surface area (Å²) in [5, 5.41) is 9.67. The zero-order valence-corrected chi connectivity index (χ0v) is 21.0. The molecule has 0 bridgehead atoms. The van der Waals surface area contributed by atoms with Gasteiger partial charge in [-0.1, -0.05) is 114 Å². The van der Waals surface area contributed by atoms with Gasteiger partial charge in [-0.3, -0.25) is 14.3 Å². The molecule has 0 saturated carbocycles. The molecule has 3 atom stereocenters. The van der Waals surface area contributed by atoms with Gasteiger partial charge >= 0.3 is 5.69 Å². The predicted octanol–water partition coefficient (Wildman–Crippen LogP) is 4.00. The Hall–Kier alpha value is -3.01. The maximum absolute atomic E-state index is 13.6. The van der Waals surface area contributed by atoms with E-state index in [4.69, 9.17) is 4.74 Å². The van der Waals surface area contributed by atoms with Crippen LogP contribution in [0.1, 0.15) is 34.9 Å². The highest BCUT2D eigenvalue weighted by Crippen LogP contribution is 2.44. The van der Waals surface area contributed by atoms with Crippen molar-refractivity contribution in [3.63, 3.8) is 0 Å². The highest BCUT2D eigenvalue weighted by atomic mass is 127. The van der Waals surface area contributed by atoms with E-state index in [1.807, 2.05) is 91.0 Å². The highest BCUT2D eigenvalue weighted by Gasteiger charge is 2.42. The summed E-state index contributed by atoms with van der Waals surface area (Å²) in [5.41, 5.74) is 1.16. The lowest BCUT2D eigenvalue weighted by atomic mass is 9.66. The number of ether oxygens (including phenoxy) is 1. The number of hydrogen-bond donors (Lipinski definition) is 2. The zero-order chi connectivity index (χ0) is 24.4. The number of aliphatic hydroxyl groups excluding tert-OH is 1. The van der Waals surface area contributed by atoms with E-state index >= 15 is 0 Å². The van der Waals surface area contributed by atoms with Crippen LogP contribution >= 0.6 is 22.6 Å². The van der Waals surface area contributed by atoms with Crippen LogP contribution in [0.25, 0.3) is 0 Å². The molecule has 2 heterocycles. The first kappa shape index (κ1) is 23.7. The molecule has 0 spiro atoms. The number of nitrogens with one attached hydrogen (secondary N) is 1. The summed E-state index contributed by atoms with van der Waals surface area (Å²) in [6, 6.07) is 29.6. The van der Waals surface area contributed by atoms with E-state index in [-0.39, 0.29) is 16.6 Å². The Morgan fingerprint density at radius 3 is 1.80 bits per heavy atom. The van der Waals surface area contributed by atoms with E-state index in [0.717, 1.165) is 16.7 Å². The minimum absolute atomic E-state index is 0.0482. The van der Waals surface area contributed by atoms with Crippen LogP contribution in [0.3, 0.4) is 0 Å². The van der Waals surface area contributed by atoms with Crippen LogP contribution in [0.15, 0.2) is 107 Å². The zero-order valence-electron chi connectivity index (χ0n) is 18.9. The molecule has 0 radical (unpaired) electrons. The van der Waals surface area contributed by atoms with Gasteiger partial charge in [-0.15, -0.1) is 0 Å². The normalized spacial score (nSPS) is 20.1. The number of aromatic amines is 1. The molecule has 4 aromatic rings. The number of halogens is 1. The Labute approximate surface area is 216 Å². The molecule has 0 aliphatic carbocycles. The summed E-state index contributed by atoms with van der Waals surface area (Å²) in [5.74, 6) is 0. The number of rotatable bonds is 6. The first-order valence-electron chi connectivity index (χ1n) is 11.5. The summed E-state index contributed by atoms with van der Waals surface area (Å²) in [7, 11) is 0. The van der Waals surface area contributed by atoms with Crippen molar-refractivity contribution < 1.29 is 9.84 Å². The van der Waals surface area contributed by atoms with Crippen molar-refractivity contribution >= 4 is 22.6 Å². The summed E-state index contributed by atoms with van der Waals surface area (Å²) in [6.45, 7) is -0.128. The third kappa shape index (κ3) is 4.17. The van der Waals surface area contributed by atoms with Crippen molar-refractivity contribution in [1.82, 2.24) is 9.55 Å². The molecule has 5 rings (SSSR count). The number of aliphatic hydroxyl groups is 1. The lowest BCUT2D eigenvalue weighted by Gasteiger charge is -2.36. The maximum Gasteiger partial charge on any atom is 0.330 e. The average Bonchev–Trinajstić information content (AvgIpc) is 3.27. The molecule has 1 aliphatic heterocycles. The largest absolute Gasteiger partial charge is 0.394 e. The van der Waals surface area contributed by atoms with Crippen LogP contribution in [0.5, 0.6) is 0 Å². The number of hydrogen-bond acceptors (Lipinski definition) is 4. The van der Waals surface area contributed by atoms with Gasteiger partial charge in [0.15, 0.2) is 0 Å². The molecule has 1 aliphatic rings. The summed E-state index contributed by atoms with van der Waals surface area (Å²) in [6.07, 6.45) is 1.23. The molecular formula is C28H25IN2O4. The van der Waals surface area contributed by atoms with E-state index in [0.29, 0.717) is 12.0 Å². The van der Waals surface area contributed by atoms with Gasteiger partial charge in [0.05, 0.1) is 23.7 Å². The highest BCUT2D eigenvalue weighted by molar-refractivity contribution is 14.1. The van der Waals surface area contributed by atoms with Gasteiger partial charge in [0.1, 0.15) is 6.23 Å². The molecule has 3 aromatic carbocycles. The second kappa shape index (κ2) is 9.93. The van der Waals surface area contributed by atoms with Gasteiger partial charge < -0.3 is 9.84 Å². The van der Waals surface area contributed by atoms with E-state index in [1.165, 1.54) is 4.57 Å². The van der Waals surface area contributed by atoms with E-state index in [9.17, 15) is 14.7 Å². The molecule has 35 heavy (non-hydrogen) atoms. The van der Waals surface area contributed by atoms with Crippen LogP contribution in [-0.4, -0.2) is 31.3 Å². The van der Waals surface area contributed by atoms with Crippen LogP contribution in [0.4, 0.5) is 0 Å². The summed E-state index contributed by atoms with van der Waals surface area (Å²) >= 11 is 2.23. The third-order valence-corrected chi connectivity index (χ3v) is 7.96. The van der Waals surface area contributed by atoms with Crippen molar-refractivity contribution in [2.75, 3.05) is 6.61 Å². The molecule has 1 saturated heterocycles. The minimum atomic E-state index is -0.981. The lowest BCUT2D eigenvalue weighted by Crippen LogP contribution is -2.42. The maximum atomic E-state index is 13.6. The minimum Gasteiger partial charge on any atom is -0.394 e. The second-order valence-electron chi connectivity index (χ2n) is 8.62. The van der Waals surface area contributed by atoms with Crippen molar-refractivity contribution in [1.29, 1.82) is 0 Å². The van der Waals surface area contributed by atoms with E-state index in [2.05, 4.69) is 27.6 Å². The first-order valence-corrected chi connectivity index (χ1v) is 12.7. The molecule has 0 amide bonds. The molecule has 0 unspecified atom stereocenters. The molecule has 2 N–H and O–H groups in total. The quantitative estimate of drug-likeness (QED) is 0.205. The van der Waals surface area contributed by atoms with E-state index < -0.39 is 22.9 Å². The Kier molecular flexibility index (Phi) is 6.73. The van der Waals surface area contributed by atoms with Gasteiger partial charge in [0.25, 0.3) is 5.56 Å². The molecule has 7 heteroatoms. The van der Waals surface area contributed by atoms with Crippen LogP contribution < -0.4 is 11.2 Å². The van der Waals surface area contributed by atoms with Gasteiger partial charge in [-0.05, 0) is 16.7 Å². The fourth-order valence-electron chi connectivity index (χ4n) is 5.02. The summed E-state index contributed by atoms with van der Waals surface area (Å²) < 4.78 is 7.51. The molecule has 1 aromatic heterocycles. The van der Waals surface area contributed by atoms with Crippen molar-refractivity contribution in [3.8, 4) is 0 Å². The van der Waals surface area contributed by atoms with Crippen molar-refractivity contribution in [3.05, 3.63) is 140 Å². The molecule has 1 fully saturated rings. The lowest BCUT2D eigenvalue weighted by molar-refractivity contribution is -0.0233. The Bertz CT molecular complexity index is 1310. The van der Waals surface area contributed by atoms with Gasteiger partial charge in [0.2, 0.25) is 0 Å². The molecule has 178 valence electrons. The van der Waals surface area contributed by atoms with E-state index in [1.54, 1.807) is 6.20 Å². The fourth-order valence-corrected chi connectivity index (χ4v) is 5.85. The fraction of sp³-hybridized carbons (Fsp3) is 0.214. The predicted molar refractivity (Wildman–Crippen MR) is 143 cm³/mol. The van der Waals surface area contributed by atoms with Crippen LogP contribution in [0, 0.1) is 0 Å². The topological polar surface area (TPSA) is 84.3 Å². The van der Waals surface area contributed by atoms with Crippen molar-refractivity contribution in [2.24, 2.45) is 0 Å². The molecule has 6 nitrogen and oxygen atoms in total. The number of benzene rings is 3. The molecular weight excluding hydrogens is 555 g/mol. The SMILES string of the molecule is O=c1[nH]c(=O)n([C@H]2C[C@H](I)[C@@H](CO)O2)cc1C(c1ccccc1)(c1ccccc1)c1ccccc1. The second-order valence-corrected chi connectivity index (χ2v) is 10.2. The van der Waals surface area contributed by atoms with Gasteiger partial charge in [-0.25, -0.2) is 4.79 Å². The number of nitrogens with zero attached hydrogens (tertiary/aromatic N) is 1. The average molecular weight is 580 g/mol. The monoisotopic (exact) mass is 580 g/mol. The van der Waals surface area contributed by atoms with Crippen LogP contribution in [0.2, 0.25) is 0 Å². The number of aromatic nitrogens is 2. The summed E-state index contributed by atoms with van der Waals surface area (Å²) in [4.78, 5) is 29.1. The first-order chi connectivity index (χ1) is 17.1. The van der Waals surface area contributed by atoms with Gasteiger partial charge in [0, 0.05) is 16.5 Å². The number of H-pyrrole nitrogens is 1.